The molecule has 2 unspecified atom stereocenters. The molecule has 73 heavy (non-hydrogen) atoms. The number of fused-ring (bicyclic) bond motifs is 4. The van der Waals surface area contributed by atoms with Crippen molar-refractivity contribution < 1.29 is 57.4 Å². The van der Waals surface area contributed by atoms with E-state index in [0.29, 0.717) is 36.3 Å². The third kappa shape index (κ3) is 8.57. The van der Waals surface area contributed by atoms with Crippen molar-refractivity contribution in [1.82, 2.24) is 4.90 Å². The fourth-order valence-electron chi connectivity index (χ4n) is 13.9. The van der Waals surface area contributed by atoms with Gasteiger partial charge >= 0.3 is 18.0 Å². The Bertz CT molecular complexity index is 2710. The van der Waals surface area contributed by atoms with Gasteiger partial charge in [-0.25, -0.2) is 14.4 Å². The minimum atomic E-state index is -1.84. The molecule has 4 aromatic carbocycles. The number of amides is 1. The fraction of sp³-hybridized carbons (Fsp3) is 0.517. The van der Waals surface area contributed by atoms with Crippen molar-refractivity contribution in [3.8, 4) is 5.75 Å². The number of carbonyl (C=O) groups is 3. The van der Waals surface area contributed by atoms with Crippen molar-refractivity contribution in [2.75, 3.05) is 13.7 Å². The summed E-state index contributed by atoms with van der Waals surface area (Å²) in [6.07, 6.45) is -6.18. The normalized spacial score (nSPS) is 35.1. The minimum absolute atomic E-state index is 0.0299. The van der Waals surface area contributed by atoms with Crippen molar-refractivity contribution in [3.63, 3.8) is 0 Å². The lowest BCUT2D eigenvalue weighted by atomic mass is 9.41. The lowest BCUT2D eigenvalue weighted by molar-refractivity contribution is -0.398. The molecule has 10 rings (SSSR count). The summed E-state index contributed by atoms with van der Waals surface area (Å²) in [6.45, 7) is 18.9. The zero-order valence-electron chi connectivity index (χ0n) is 43.7. The number of methoxy groups -OCH3 is 1. The second-order valence-corrected chi connectivity index (χ2v) is 22.9. The van der Waals surface area contributed by atoms with E-state index in [0.717, 1.165) is 27.8 Å². The van der Waals surface area contributed by atoms with E-state index in [1.165, 1.54) is 0 Å². The van der Waals surface area contributed by atoms with Gasteiger partial charge in [0.05, 0.1) is 43.6 Å². The molecule has 13 nitrogen and oxygen atoms in total. The quantitative estimate of drug-likeness (QED) is 0.0866. The standard InChI is InChI=1S/C60H71NO12/c1-34(2)29-43-48(71-52(39-23-21-35(3)22-24-39)61(43)56(64)67-32-38-17-13-11-14-18-38)54(63)69-44-31-60(65)51(72-53(62)40-19-15-12-16-20-40)49-58(8)33-68-45(58)30-46-59(49,9)50(37(5)47(36(44)4)57(60,6)7)73-55(70-46)41-25-27-42(66-10)28-26-41/h11-28,34,37,43-46,48-52,55,65H,29-33H2,1-10H3/t37-,43-,44-,45+,46-,48+,49+,50-,51-,52?,55?,58+,59+,60+/m0/s1. The Labute approximate surface area is 429 Å². The van der Waals surface area contributed by atoms with Gasteiger partial charge in [-0.15, -0.1) is 0 Å². The molecule has 388 valence electrons. The van der Waals surface area contributed by atoms with Crippen molar-refractivity contribution in [2.24, 2.45) is 34.0 Å². The topological polar surface area (TPSA) is 149 Å². The molecule has 4 aromatic rings. The minimum Gasteiger partial charge on any atom is -0.497 e. The number of nitrogens with zero attached hydrogens (tertiary/aromatic N) is 1. The number of rotatable bonds is 11. The summed E-state index contributed by atoms with van der Waals surface area (Å²) in [5.41, 5.74) is 0.922. The monoisotopic (exact) mass is 997 g/mol. The number of hydrogen-bond acceptors (Lipinski definition) is 12. The van der Waals surface area contributed by atoms with Gasteiger partial charge in [-0.3, -0.25) is 4.90 Å². The zero-order chi connectivity index (χ0) is 51.8. The molecule has 6 aliphatic rings. The molecule has 2 saturated carbocycles. The average Bonchev–Trinajstić information content (AvgIpc) is 3.74. The van der Waals surface area contributed by atoms with E-state index >= 15 is 4.79 Å². The summed E-state index contributed by atoms with van der Waals surface area (Å²) in [5, 5.41) is 14.2. The van der Waals surface area contributed by atoms with Gasteiger partial charge in [-0.05, 0) is 61.6 Å². The Balaban J connectivity index is 1.08. The van der Waals surface area contributed by atoms with Gasteiger partial charge in [0.25, 0.3) is 0 Å². The molecule has 0 spiro atoms. The summed E-state index contributed by atoms with van der Waals surface area (Å²) in [5.74, 6) is -1.49. The van der Waals surface area contributed by atoms with Crippen LogP contribution in [0.3, 0.4) is 0 Å². The molecule has 2 bridgehead atoms. The number of aryl methyl sites for hydroxylation is 1. The van der Waals surface area contributed by atoms with E-state index < -0.39 is 94.9 Å². The van der Waals surface area contributed by atoms with Crippen LogP contribution in [-0.2, 0) is 44.6 Å². The molecule has 0 radical (unpaired) electrons. The van der Waals surface area contributed by atoms with Crippen LogP contribution in [0.5, 0.6) is 5.75 Å². The molecule has 1 N–H and O–H groups in total. The summed E-state index contributed by atoms with van der Waals surface area (Å²) in [7, 11) is 1.63. The maximum Gasteiger partial charge on any atom is 0.412 e. The van der Waals surface area contributed by atoms with E-state index in [1.807, 2.05) is 126 Å². The first kappa shape index (κ1) is 50.9. The first-order valence-corrected chi connectivity index (χ1v) is 26.0. The van der Waals surface area contributed by atoms with E-state index in [4.69, 9.17) is 37.9 Å². The molecule has 1 amide bonds. The molecular weight excluding hydrogens is 927 g/mol. The number of benzene rings is 4. The van der Waals surface area contributed by atoms with Gasteiger partial charge in [0.2, 0.25) is 0 Å². The van der Waals surface area contributed by atoms with Crippen LogP contribution in [0.15, 0.2) is 120 Å². The van der Waals surface area contributed by atoms with Gasteiger partial charge in [0, 0.05) is 52.0 Å². The maximum absolute atomic E-state index is 15.4. The van der Waals surface area contributed by atoms with E-state index in [9.17, 15) is 14.7 Å². The molecule has 3 heterocycles. The Hall–Kier alpha value is -5.57. The van der Waals surface area contributed by atoms with Crippen LogP contribution in [0.1, 0.15) is 120 Å². The predicted molar refractivity (Wildman–Crippen MR) is 271 cm³/mol. The summed E-state index contributed by atoms with van der Waals surface area (Å²) >= 11 is 0. The van der Waals surface area contributed by atoms with Gasteiger partial charge < -0.3 is 43.0 Å². The van der Waals surface area contributed by atoms with Gasteiger partial charge in [-0.2, -0.15) is 0 Å². The van der Waals surface area contributed by atoms with Crippen molar-refractivity contribution in [3.05, 3.63) is 148 Å². The zero-order valence-corrected chi connectivity index (χ0v) is 43.7. The largest absolute Gasteiger partial charge is 0.497 e. The third-order valence-electron chi connectivity index (χ3n) is 17.7. The number of ether oxygens (including phenoxy) is 8. The molecule has 0 aromatic heterocycles. The third-order valence-corrected chi connectivity index (χ3v) is 17.7. The first-order valence-electron chi connectivity index (χ1n) is 26.0. The smallest absolute Gasteiger partial charge is 0.412 e. The molecule has 5 fully saturated rings. The molecular formula is C60H71NO12. The lowest BCUT2D eigenvalue weighted by Crippen LogP contribution is -2.79. The highest BCUT2D eigenvalue weighted by molar-refractivity contribution is 5.89. The van der Waals surface area contributed by atoms with Crippen LogP contribution < -0.4 is 4.74 Å². The average molecular weight is 998 g/mol. The lowest BCUT2D eigenvalue weighted by Gasteiger charge is -2.72. The van der Waals surface area contributed by atoms with E-state index in [2.05, 4.69) is 20.8 Å². The van der Waals surface area contributed by atoms with Crippen molar-refractivity contribution >= 4 is 18.0 Å². The van der Waals surface area contributed by atoms with Crippen LogP contribution in [0, 0.1) is 40.9 Å². The highest BCUT2D eigenvalue weighted by atomic mass is 16.7. The Morgan fingerprint density at radius 1 is 0.808 bits per heavy atom. The van der Waals surface area contributed by atoms with Crippen LogP contribution in [0.2, 0.25) is 0 Å². The molecule has 13 heteroatoms. The van der Waals surface area contributed by atoms with Gasteiger partial charge in [-0.1, -0.05) is 145 Å². The maximum atomic E-state index is 15.4. The predicted octanol–water partition coefficient (Wildman–Crippen LogP) is 10.6. The van der Waals surface area contributed by atoms with E-state index in [1.54, 1.807) is 36.3 Å². The molecule has 3 saturated heterocycles. The molecule has 14 atom stereocenters. The second kappa shape index (κ2) is 19.3. The fourth-order valence-corrected chi connectivity index (χ4v) is 13.9. The first-order chi connectivity index (χ1) is 34.8. The van der Waals surface area contributed by atoms with Crippen molar-refractivity contribution in [2.45, 2.75) is 149 Å². The van der Waals surface area contributed by atoms with Crippen LogP contribution >= 0.6 is 0 Å². The Morgan fingerprint density at radius 3 is 2.10 bits per heavy atom. The number of carbonyl (C=O) groups excluding carboxylic acids is 3. The highest BCUT2D eigenvalue weighted by Crippen LogP contribution is 2.70. The highest BCUT2D eigenvalue weighted by Gasteiger charge is 2.76. The van der Waals surface area contributed by atoms with E-state index in [-0.39, 0.29) is 31.0 Å². The van der Waals surface area contributed by atoms with Crippen LogP contribution in [0.4, 0.5) is 4.79 Å². The summed E-state index contributed by atoms with van der Waals surface area (Å²) < 4.78 is 52.9. The van der Waals surface area contributed by atoms with Gasteiger partial charge in [0.15, 0.2) is 18.6 Å². The molecule has 3 aliphatic carbocycles. The number of hydrogen-bond donors (Lipinski definition) is 1. The summed E-state index contributed by atoms with van der Waals surface area (Å²) in [4.78, 5) is 46.1. The molecule has 3 aliphatic heterocycles. The van der Waals surface area contributed by atoms with Crippen LogP contribution in [0.25, 0.3) is 0 Å². The second-order valence-electron chi connectivity index (χ2n) is 22.9. The van der Waals surface area contributed by atoms with Gasteiger partial charge in [0.1, 0.15) is 30.2 Å². The van der Waals surface area contributed by atoms with Crippen molar-refractivity contribution in [1.29, 1.82) is 0 Å². The SMILES string of the molecule is COc1ccc(C2O[C@H]3C[C@H]4OC[C@@]4(C)[C@H]4[C@H](OC(=O)c5ccccc5)[C@]5(O)C[C@H](OC(=O)[C@@H]6OC(c7ccc(C)cc7)N(C(=O)OCc7ccccc7)[C@H]6CC(C)C)C(C)=C([C@H](C)[C@H](O2)[C@]34C)C5(C)C)cc1. The Kier molecular flexibility index (Phi) is 13.5. The van der Waals surface area contributed by atoms with Crippen LogP contribution in [-0.4, -0.2) is 90.0 Å². The number of aliphatic hydroxyl groups is 1. The summed E-state index contributed by atoms with van der Waals surface area (Å²) in [6, 6.07) is 32.9. The number of esters is 2. The Morgan fingerprint density at radius 2 is 1.47 bits per heavy atom.